The molecule has 1 aliphatic carbocycles. The third-order valence-corrected chi connectivity index (χ3v) is 4.96. The quantitative estimate of drug-likeness (QED) is 0.843. The Morgan fingerprint density at radius 2 is 1.82 bits per heavy atom. The highest BCUT2D eigenvalue weighted by atomic mass is 16.2. The molecule has 3 heteroatoms. The Balaban J connectivity index is 1.62. The van der Waals surface area contributed by atoms with Crippen LogP contribution < -0.4 is 4.90 Å². The van der Waals surface area contributed by atoms with Gasteiger partial charge in [-0.05, 0) is 60.2 Å². The summed E-state index contributed by atoms with van der Waals surface area (Å²) in [5.74, 6) is 0.596. The summed E-state index contributed by atoms with van der Waals surface area (Å²) in [6.45, 7) is 0.838. The van der Waals surface area contributed by atoms with E-state index in [1.165, 1.54) is 29.5 Å². The van der Waals surface area contributed by atoms with E-state index in [1.54, 1.807) is 0 Å². The summed E-state index contributed by atoms with van der Waals surface area (Å²) in [5, 5.41) is 0. The lowest BCUT2D eigenvalue weighted by Crippen LogP contribution is -2.33. The third kappa shape index (κ3) is 2.31. The highest BCUT2D eigenvalue weighted by Gasteiger charge is 2.31. The lowest BCUT2D eigenvalue weighted by molar-refractivity contribution is -0.122. The Hall–Kier alpha value is -2.16. The zero-order valence-electron chi connectivity index (χ0n) is 12.7. The maximum absolute atomic E-state index is 12.7. The molecule has 112 valence electrons. The molecule has 0 bridgehead atoms. The summed E-state index contributed by atoms with van der Waals surface area (Å²) in [7, 11) is 0. The number of pyridine rings is 1. The number of benzene rings is 1. The Kier molecular flexibility index (Phi) is 3.41. The lowest BCUT2D eigenvalue weighted by Gasteiger charge is -2.21. The molecular weight excluding hydrogens is 272 g/mol. The highest BCUT2D eigenvalue weighted by molar-refractivity contribution is 5.97. The van der Waals surface area contributed by atoms with E-state index in [1.807, 2.05) is 29.4 Å². The van der Waals surface area contributed by atoms with Gasteiger partial charge in [-0.3, -0.25) is 9.78 Å². The van der Waals surface area contributed by atoms with Gasteiger partial charge in [0.05, 0.1) is 0 Å². The number of amides is 1. The first-order valence-corrected chi connectivity index (χ1v) is 8.17. The number of nitrogens with zero attached hydrogens (tertiary/aromatic N) is 2. The molecule has 0 saturated heterocycles. The van der Waals surface area contributed by atoms with Gasteiger partial charge in [0.1, 0.15) is 0 Å². The molecule has 2 aliphatic rings. The average Bonchev–Trinajstić information content (AvgIpc) is 3.24. The van der Waals surface area contributed by atoms with Gasteiger partial charge in [-0.2, -0.15) is 0 Å². The topological polar surface area (TPSA) is 33.2 Å². The standard InChI is InChI=1S/C19H20N2O/c22-19(15-3-1-2-4-15)21-12-9-17-13-16(5-6-18(17)21)14-7-10-20-11-8-14/h5-8,10-11,13,15H,1-4,9,12H2. The molecule has 4 rings (SSSR count). The van der Waals surface area contributed by atoms with Crippen LogP contribution in [0.1, 0.15) is 31.2 Å². The Labute approximate surface area is 131 Å². The zero-order valence-corrected chi connectivity index (χ0v) is 12.7. The summed E-state index contributed by atoms with van der Waals surface area (Å²) >= 11 is 0. The van der Waals surface area contributed by atoms with Crippen LogP contribution in [0.4, 0.5) is 5.69 Å². The van der Waals surface area contributed by atoms with Crippen molar-refractivity contribution < 1.29 is 4.79 Å². The van der Waals surface area contributed by atoms with E-state index < -0.39 is 0 Å². The molecule has 1 amide bonds. The van der Waals surface area contributed by atoms with E-state index in [4.69, 9.17) is 0 Å². The number of hydrogen-bond acceptors (Lipinski definition) is 2. The minimum atomic E-state index is 0.255. The van der Waals surface area contributed by atoms with Gasteiger partial charge in [0.15, 0.2) is 0 Å². The first-order valence-electron chi connectivity index (χ1n) is 8.17. The molecule has 0 unspecified atom stereocenters. The van der Waals surface area contributed by atoms with Gasteiger partial charge in [0.2, 0.25) is 5.91 Å². The summed E-state index contributed by atoms with van der Waals surface area (Å²) in [6, 6.07) is 10.5. The van der Waals surface area contributed by atoms with Crippen LogP contribution in [0.25, 0.3) is 11.1 Å². The predicted octanol–water partition coefficient (Wildman–Crippen LogP) is 3.83. The van der Waals surface area contributed by atoms with Crippen molar-refractivity contribution in [3.05, 3.63) is 48.3 Å². The number of carbonyl (C=O) groups is 1. The monoisotopic (exact) mass is 292 g/mol. The molecule has 1 fully saturated rings. The molecule has 1 aromatic heterocycles. The molecule has 1 saturated carbocycles. The Morgan fingerprint density at radius 3 is 2.59 bits per heavy atom. The number of fused-ring (bicyclic) bond motifs is 1. The number of hydrogen-bond donors (Lipinski definition) is 0. The van der Waals surface area contributed by atoms with Crippen molar-refractivity contribution in [1.29, 1.82) is 0 Å². The first kappa shape index (κ1) is 13.5. The highest BCUT2D eigenvalue weighted by Crippen LogP contribution is 2.35. The maximum atomic E-state index is 12.7. The SMILES string of the molecule is O=C(C1CCCC1)N1CCc2cc(-c3ccncc3)ccc21. The van der Waals surface area contributed by atoms with Gasteiger partial charge >= 0.3 is 0 Å². The zero-order chi connectivity index (χ0) is 14.9. The molecule has 2 heterocycles. The van der Waals surface area contributed by atoms with Gasteiger partial charge in [-0.15, -0.1) is 0 Å². The van der Waals surface area contributed by atoms with Crippen LogP contribution in [0.15, 0.2) is 42.7 Å². The summed E-state index contributed by atoms with van der Waals surface area (Å²) in [6.07, 6.45) is 9.15. The van der Waals surface area contributed by atoms with Crippen molar-refractivity contribution in [1.82, 2.24) is 4.98 Å². The number of anilines is 1. The molecule has 0 radical (unpaired) electrons. The number of rotatable bonds is 2. The molecule has 3 nitrogen and oxygen atoms in total. The third-order valence-electron chi connectivity index (χ3n) is 4.96. The Morgan fingerprint density at radius 1 is 1.05 bits per heavy atom. The van der Waals surface area contributed by atoms with E-state index in [2.05, 4.69) is 23.2 Å². The maximum Gasteiger partial charge on any atom is 0.230 e. The van der Waals surface area contributed by atoms with E-state index in [9.17, 15) is 4.79 Å². The molecule has 0 spiro atoms. The minimum Gasteiger partial charge on any atom is -0.312 e. The van der Waals surface area contributed by atoms with E-state index in [-0.39, 0.29) is 5.92 Å². The van der Waals surface area contributed by atoms with Crippen LogP contribution in [0.5, 0.6) is 0 Å². The van der Waals surface area contributed by atoms with E-state index in [0.717, 1.165) is 31.5 Å². The summed E-state index contributed by atoms with van der Waals surface area (Å²) in [4.78, 5) is 18.8. The normalized spacial score (nSPS) is 17.7. The van der Waals surface area contributed by atoms with Gasteiger partial charge < -0.3 is 4.90 Å². The van der Waals surface area contributed by atoms with Crippen LogP contribution in [-0.4, -0.2) is 17.4 Å². The van der Waals surface area contributed by atoms with Gasteiger partial charge in [0, 0.05) is 30.5 Å². The van der Waals surface area contributed by atoms with Crippen molar-refractivity contribution >= 4 is 11.6 Å². The fraction of sp³-hybridized carbons (Fsp3) is 0.368. The molecular formula is C19H20N2O. The van der Waals surface area contributed by atoms with Crippen molar-refractivity contribution in [2.75, 3.05) is 11.4 Å². The second-order valence-electron chi connectivity index (χ2n) is 6.30. The minimum absolute atomic E-state index is 0.255. The summed E-state index contributed by atoms with van der Waals surface area (Å²) in [5.41, 5.74) is 4.80. The predicted molar refractivity (Wildman–Crippen MR) is 87.7 cm³/mol. The molecule has 0 atom stereocenters. The van der Waals surface area contributed by atoms with Gasteiger partial charge in [-0.1, -0.05) is 18.9 Å². The van der Waals surface area contributed by atoms with Crippen molar-refractivity contribution in [3.63, 3.8) is 0 Å². The molecule has 2 aromatic rings. The fourth-order valence-electron chi connectivity index (χ4n) is 3.75. The van der Waals surface area contributed by atoms with Crippen molar-refractivity contribution in [2.24, 2.45) is 5.92 Å². The first-order chi connectivity index (χ1) is 10.8. The van der Waals surface area contributed by atoms with Crippen LogP contribution in [0, 0.1) is 5.92 Å². The Bertz CT molecular complexity index is 690. The van der Waals surface area contributed by atoms with Gasteiger partial charge in [-0.25, -0.2) is 0 Å². The molecule has 22 heavy (non-hydrogen) atoms. The van der Waals surface area contributed by atoms with Crippen LogP contribution in [-0.2, 0) is 11.2 Å². The lowest BCUT2D eigenvalue weighted by atomic mass is 10.0. The fourth-order valence-corrected chi connectivity index (χ4v) is 3.75. The average molecular weight is 292 g/mol. The van der Waals surface area contributed by atoms with Crippen LogP contribution >= 0.6 is 0 Å². The van der Waals surface area contributed by atoms with Gasteiger partial charge in [0.25, 0.3) is 0 Å². The molecule has 1 aromatic carbocycles. The van der Waals surface area contributed by atoms with Crippen LogP contribution in [0.3, 0.4) is 0 Å². The molecule has 0 N–H and O–H groups in total. The summed E-state index contributed by atoms with van der Waals surface area (Å²) < 4.78 is 0. The smallest absolute Gasteiger partial charge is 0.230 e. The van der Waals surface area contributed by atoms with E-state index >= 15 is 0 Å². The number of aromatic nitrogens is 1. The number of carbonyl (C=O) groups excluding carboxylic acids is 1. The van der Waals surface area contributed by atoms with Crippen molar-refractivity contribution in [3.8, 4) is 11.1 Å². The molecule has 1 aliphatic heterocycles. The van der Waals surface area contributed by atoms with E-state index in [0.29, 0.717) is 5.91 Å². The second-order valence-corrected chi connectivity index (χ2v) is 6.30. The van der Waals surface area contributed by atoms with Crippen LogP contribution in [0.2, 0.25) is 0 Å². The second kappa shape index (κ2) is 5.56. The van der Waals surface area contributed by atoms with Crippen molar-refractivity contribution in [2.45, 2.75) is 32.1 Å². The largest absolute Gasteiger partial charge is 0.312 e.